The molecule has 178 valence electrons. The molecular weight excluding hydrogens is 555 g/mol. The van der Waals surface area contributed by atoms with E-state index in [4.69, 9.17) is 10.7 Å². The van der Waals surface area contributed by atoms with Gasteiger partial charge in [-0.25, -0.2) is 9.98 Å². The molecular formula is C26H31IN6S. The van der Waals surface area contributed by atoms with Crippen molar-refractivity contribution < 1.29 is 0 Å². The molecule has 0 amide bonds. The van der Waals surface area contributed by atoms with Crippen LogP contribution < -0.4 is 11.1 Å². The summed E-state index contributed by atoms with van der Waals surface area (Å²) in [6, 6.07) is 18.8. The third-order valence-corrected chi connectivity index (χ3v) is 7.23. The zero-order valence-electron chi connectivity index (χ0n) is 19.7. The third-order valence-electron chi connectivity index (χ3n) is 5.96. The first-order valence-corrected chi connectivity index (χ1v) is 14.0. The predicted molar refractivity (Wildman–Crippen MR) is 154 cm³/mol. The lowest BCUT2D eigenvalue weighted by Gasteiger charge is -2.19. The number of aliphatic imine (C=N–C) groups is 1. The molecule has 8 heteroatoms. The third kappa shape index (κ3) is 5.97. The molecule has 0 unspecified atom stereocenters. The van der Waals surface area contributed by atoms with Gasteiger partial charge >= 0.3 is 0 Å². The first kappa shape index (κ1) is 24.7. The van der Waals surface area contributed by atoms with E-state index in [2.05, 4.69) is 86.5 Å². The van der Waals surface area contributed by atoms with Crippen LogP contribution in [-0.4, -0.2) is 44.5 Å². The number of amidine groups is 1. The smallest absolute Gasteiger partial charge is 0.141 e. The van der Waals surface area contributed by atoms with E-state index in [1.165, 1.54) is 5.56 Å². The fourth-order valence-corrected chi connectivity index (χ4v) is 5.09. The number of benzene rings is 2. The minimum atomic E-state index is 0.538. The van der Waals surface area contributed by atoms with Crippen LogP contribution in [0.5, 0.6) is 0 Å². The van der Waals surface area contributed by atoms with E-state index < -0.39 is 0 Å². The minimum Gasteiger partial charge on any atom is -0.383 e. The number of halogens is 1. The minimum absolute atomic E-state index is 0.538. The Morgan fingerprint density at radius 3 is 2.62 bits per heavy atom. The molecule has 0 atom stereocenters. The molecule has 0 radical (unpaired) electrons. The highest BCUT2D eigenvalue weighted by molar-refractivity contribution is 14.1. The maximum Gasteiger partial charge on any atom is 0.141 e. The molecule has 0 spiro atoms. The monoisotopic (exact) mass is 586 g/mol. The highest BCUT2D eigenvalue weighted by Gasteiger charge is 2.13. The molecule has 0 saturated carbocycles. The number of hydrogen-bond donors (Lipinski definition) is 2. The van der Waals surface area contributed by atoms with Crippen molar-refractivity contribution in [1.82, 2.24) is 14.5 Å². The van der Waals surface area contributed by atoms with Gasteiger partial charge in [0, 0.05) is 25.2 Å². The zero-order chi connectivity index (χ0) is 23.9. The molecule has 0 aliphatic carbocycles. The maximum atomic E-state index is 6.22. The summed E-state index contributed by atoms with van der Waals surface area (Å²) in [7, 11) is 0. The normalized spacial score (nSPS) is 12.1. The molecule has 6 nitrogen and oxygen atoms in total. The Morgan fingerprint density at radius 1 is 1.15 bits per heavy atom. The molecule has 2 aromatic heterocycles. The SMILES string of the molecule is CCN(CC)CCn1c(Cc2ccc(NCI)cc2)nc2cc(N=C(N)c3cccs3)ccc21. The molecule has 3 N–H and O–H groups in total. The van der Waals surface area contributed by atoms with Crippen LogP contribution in [0.2, 0.25) is 0 Å². The second-order valence-corrected chi connectivity index (χ2v) is 9.75. The van der Waals surface area contributed by atoms with Crippen molar-refractivity contribution in [2.24, 2.45) is 10.7 Å². The predicted octanol–water partition coefficient (Wildman–Crippen LogP) is 5.87. The van der Waals surface area contributed by atoms with Crippen molar-refractivity contribution >= 4 is 62.2 Å². The van der Waals surface area contributed by atoms with Crippen molar-refractivity contribution in [1.29, 1.82) is 0 Å². The van der Waals surface area contributed by atoms with Gasteiger partial charge in [-0.3, -0.25) is 0 Å². The quantitative estimate of drug-likeness (QED) is 0.0759. The number of nitrogens with zero attached hydrogens (tertiary/aromatic N) is 4. The van der Waals surface area contributed by atoms with Crippen molar-refractivity contribution in [3.05, 3.63) is 76.2 Å². The lowest BCUT2D eigenvalue weighted by molar-refractivity contribution is 0.291. The summed E-state index contributed by atoms with van der Waals surface area (Å²) in [5.41, 5.74) is 11.5. The zero-order valence-corrected chi connectivity index (χ0v) is 22.6. The topological polar surface area (TPSA) is 71.5 Å². The van der Waals surface area contributed by atoms with E-state index >= 15 is 0 Å². The van der Waals surface area contributed by atoms with E-state index in [1.807, 2.05) is 29.6 Å². The molecule has 4 aromatic rings. The summed E-state index contributed by atoms with van der Waals surface area (Å²) in [6.07, 6.45) is 0.785. The van der Waals surface area contributed by atoms with Gasteiger partial charge in [0.2, 0.25) is 0 Å². The number of aromatic nitrogens is 2. The van der Waals surface area contributed by atoms with Crippen molar-refractivity contribution in [2.45, 2.75) is 26.8 Å². The van der Waals surface area contributed by atoms with Crippen molar-refractivity contribution in [2.75, 3.05) is 29.5 Å². The highest BCUT2D eigenvalue weighted by atomic mass is 127. The van der Waals surface area contributed by atoms with E-state index in [9.17, 15) is 0 Å². The van der Waals surface area contributed by atoms with Gasteiger partial charge in [0.1, 0.15) is 11.7 Å². The van der Waals surface area contributed by atoms with E-state index in [0.29, 0.717) is 5.84 Å². The molecule has 0 aliphatic heterocycles. The Morgan fingerprint density at radius 2 is 1.94 bits per heavy atom. The number of nitrogens with one attached hydrogen (secondary N) is 1. The van der Waals surface area contributed by atoms with Gasteiger partial charge in [-0.15, -0.1) is 11.3 Å². The molecule has 0 aliphatic rings. The average Bonchev–Trinajstić information content (AvgIpc) is 3.50. The van der Waals surface area contributed by atoms with E-state index in [0.717, 1.165) is 70.3 Å². The molecule has 34 heavy (non-hydrogen) atoms. The Kier molecular flexibility index (Phi) is 8.58. The number of nitrogens with two attached hydrogens (primary N) is 1. The number of likely N-dealkylation sites (N-methyl/N-ethyl adjacent to an activating group) is 1. The van der Waals surface area contributed by atoms with Gasteiger partial charge in [0.15, 0.2) is 0 Å². The van der Waals surface area contributed by atoms with Gasteiger partial charge in [-0.2, -0.15) is 0 Å². The molecule has 0 bridgehead atoms. The summed E-state index contributed by atoms with van der Waals surface area (Å²) >= 11 is 3.91. The van der Waals surface area contributed by atoms with Crippen LogP contribution in [0.1, 0.15) is 30.1 Å². The molecule has 2 heterocycles. The van der Waals surface area contributed by atoms with Gasteiger partial charge < -0.3 is 20.5 Å². The van der Waals surface area contributed by atoms with Crippen LogP contribution in [-0.2, 0) is 13.0 Å². The van der Waals surface area contributed by atoms with Crippen molar-refractivity contribution in [3.8, 4) is 0 Å². The van der Waals surface area contributed by atoms with Gasteiger partial charge in [0.05, 0.1) is 26.1 Å². The van der Waals surface area contributed by atoms with Gasteiger partial charge in [-0.1, -0.05) is 54.6 Å². The number of thiophene rings is 1. The largest absolute Gasteiger partial charge is 0.383 e. The fourth-order valence-electron chi connectivity index (χ4n) is 4.02. The summed E-state index contributed by atoms with van der Waals surface area (Å²) in [5.74, 6) is 1.61. The lowest BCUT2D eigenvalue weighted by atomic mass is 10.1. The Labute approximate surface area is 219 Å². The summed E-state index contributed by atoms with van der Waals surface area (Å²) in [4.78, 5) is 13.1. The Balaban J connectivity index is 1.66. The lowest BCUT2D eigenvalue weighted by Crippen LogP contribution is -2.27. The van der Waals surface area contributed by atoms with Crippen LogP contribution in [0.3, 0.4) is 0 Å². The number of alkyl halides is 1. The Bertz CT molecular complexity index is 1230. The van der Waals surface area contributed by atoms with E-state index in [1.54, 1.807) is 11.3 Å². The van der Waals surface area contributed by atoms with Crippen LogP contribution in [0, 0.1) is 0 Å². The highest BCUT2D eigenvalue weighted by Crippen LogP contribution is 2.25. The van der Waals surface area contributed by atoms with Crippen molar-refractivity contribution in [3.63, 3.8) is 0 Å². The second-order valence-electron chi connectivity index (χ2n) is 8.04. The average molecular weight is 587 g/mol. The van der Waals surface area contributed by atoms with Crippen LogP contribution in [0.15, 0.2) is 65.0 Å². The summed E-state index contributed by atoms with van der Waals surface area (Å²) in [5, 5.41) is 5.36. The summed E-state index contributed by atoms with van der Waals surface area (Å²) in [6.45, 7) is 8.42. The fraction of sp³-hybridized carbons (Fsp3) is 0.308. The van der Waals surface area contributed by atoms with Crippen LogP contribution in [0.4, 0.5) is 11.4 Å². The maximum absolute atomic E-state index is 6.22. The number of rotatable bonds is 11. The number of fused-ring (bicyclic) bond motifs is 1. The van der Waals surface area contributed by atoms with Gasteiger partial charge in [0.25, 0.3) is 0 Å². The number of hydrogen-bond acceptors (Lipinski definition) is 5. The first-order chi connectivity index (χ1) is 16.6. The molecule has 0 saturated heterocycles. The second kappa shape index (κ2) is 11.8. The molecule has 0 fully saturated rings. The van der Waals surface area contributed by atoms with Crippen LogP contribution in [0.25, 0.3) is 11.0 Å². The van der Waals surface area contributed by atoms with Crippen LogP contribution >= 0.6 is 33.9 Å². The summed E-state index contributed by atoms with van der Waals surface area (Å²) < 4.78 is 3.25. The standard InChI is InChI=1S/C26H31IN6S/c1-3-32(4-2)13-14-33-23-12-11-21(30-26(28)24-6-5-15-34-24)17-22(23)31-25(33)16-19-7-9-20(10-8-19)29-18-27/h5-12,15,17,29H,3-4,13-14,16,18H2,1-2H3,(H2,28,30). The van der Waals surface area contributed by atoms with Gasteiger partial charge in [-0.05, 0) is 60.4 Å². The van der Waals surface area contributed by atoms with E-state index in [-0.39, 0.29) is 0 Å². The first-order valence-electron chi connectivity index (χ1n) is 11.6. The number of anilines is 1. The molecule has 4 rings (SSSR count). The Hall–Kier alpha value is -2.43. The number of imidazole rings is 1. The molecule has 2 aromatic carbocycles.